The van der Waals surface area contributed by atoms with Gasteiger partial charge in [-0.3, -0.25) is 4.79 Å². The average Bonchev–Trinajstić information content (AvgIpc) is 2.84. The van der Waals surface area contributed by atoms with E-state index >= 15 is 0 Å². The van der Waals surface area contributed by atoms with Crippen LogP contribution >= 0.6 is 11.3 Å². The van der Waals surface area contributed by atoms with Gasteiger partial charge in [-0.25, -0.2) is 18.1 Å². The van der Waals surface area contributed by atoms with Gasteiger partial charge in [0.1, 0.15) is 0 Å². The fraction of sp³-hybridized carbons (Fsp3) is 0.286. The lowest BCUT2D eigenvalue weighted by Gasteiger charge is -2.07. The highest BCUT2D eigenvalue weighted by Crippen LogP contribution is 2.14. The van der Waals surface area contributed by atoms with Gasteiger partial charge < -0.3 is 5.32 Å². The minimum atomic E-state index is -3.58. The van der Waals surface area contributed by atoms with Crippen LogP contribution in [0.4, 0.5) is 5.13 Å². The fourth-order valence-electron chi connectivity index (χ4n) is 1.69. The molecule has 1 aromatic carbocycles. The number of hydrogen-bond acceptors (Lipinski definition) is 5. The largest absolute Gasteiger partial charge is 0.302 e. The second kappa shape index (κ2) is 6.99. The molecule has 0 aliphatic rings. The summed E-state index contributed by atoms with van der Waals surface area (Å²) in [6.07, 6.45) is 0.0454. The van der Waals surface area contributed by atoms with E-state index in [0.29, 0.717) is 5.13 Å². The van der Waals surface area contributed by atoms with Crippen molar-refractivity contribution in [2.75, 3.05) is 11.9 Å². The molecule has 118 valence electrons. The van der Waals surface area contributed by atoms with Crippen molar-refractivity contribution in [3.05, 3.63) is 40.9 Å². The van der Waals surface area contributed by atoms with Crippen LogP contribution in [0.3, 0.4) is 0 Å². The highest BCUT2D eigenvalue weighted by Gasteiger charge is 2.14. The zero-order chi connectivity index (χ0) is 16.2. The summed E-state index contributed by atoms with van der Waals surface area (Å²) in [5, 5.41) is 4.98. The molecule has 0 saturated heterocycles. The van der Waals surface area contributed by atoms with Gasteiger partial charge in [0.25, 0.3) is 0 Å². The van der Waals surface area contributed by atoms with Gasteiger partial charge in [-0.15, -0.1) is 11.3 Å². The van der Waals surface area contributed by atoms with E-state index in [1.807, 2.05) is 19.2 Å². The molecule has 0 bridgehead atoms. The van der Waals surface area contributed by atoms with Crippen molar-refractivity contribution in [3.8, 4) is 0 Å². The summed E-state index contributed by atoms with van der Waals surface area (Å²) in [6.45, 7) is 3.75. The van der Waals surface area contributed by atoms with Crippen LogP contribution in [0, 0.1) is 13.8 Å². The molecule has 2 aromatic rings. The summed E-state index contributed by atoms with van der Waals surface area (Å²) in [5.41, 5.74) is 1.82. The lowest BCUT2D eigenvalue weighted by atomic mass is 10.2. The first-order valence-corrected chi connectivity index (χ1v) is 9.01. The fourth-order valence-corrected chi connectivity index (χ4v) is 3.43. The molecule has 0 saturated carbocycles. The van der Waals surface area contributed by atoms with Crippen LogP contribution < -0.4 is 10.0 Å². The number of aromatic nitrogens is 1. The standard InChI is InChI=1S/C14H17N3O3S2/c1-10-3-5-12(6-4-10)22(19,20)15-8-7-13(18)17-14-16-11(2)9-21-14/h3-6,9,15H,7-8H2,1-2H3,(H,16,17,18). The van der Waals surface area contributed by atoms with E-state index in [1.165, 1.54) is 23.5 Å². The maximum atomic E-state index is 12.0. The molecular weight excluding hydrogens is 322 g/mol. The Balaban J connectivity index is 1.84. The Bertz CT molecular complexity index is 752. The second-order valence-corrected chi connectivity index (χ2v) is 7.43. The number of nitrogens with zero attached hydrogens (tertiary/aromatic N) is 1. The Kier molecular flexibility index (Phi) is 5.28. The number of carbonyl (C=O) groups is 1. The van der Waals surface area contributed by atoms with Crippen LogP contribution in [-0.2, 0) is 14.8 Å². The van der Waals surface area contributed by atoms with Crippen LogP contribution in [0.2, 0.25) is 0 Å². The predicted octanol–water partition coefficient (Wildman–Crippen LogP) is 2.07. The molecule has 0 atom stereocenters. The van der Waals surface area contributed by atoms with Crippen LogP contribution in [0.5, 0.6) is 0 Å². The van der Waals surface area contributed by atoms with E-state index in [9.17, 15) is 13.2 Å². The van der Waals surface area contributed by atoms with E-state index in [2.05, 4.69) is 15.0 Å². The number of sulfonamides is 1. The summed E-state index contributed by atoms with van der Waals surface area (Å²) >= 11 is 1.33. The van der Waals surface area contributed by atoms with E-state index in [-0.39, 0.29) is 23.8 Å². The van der Waals surface area contributed by atoms with Crippen molar-refractivity contribution in [2.45, 2.75) is 25.2 Å². The number of benzene rings is 1. The number of rotatable bonds is 6. The van der Waals surface area contributed by atoms with Gasteiger partial charge in [-0.1, -0.05) is 17.7 Å². The lowest BCUT2D eigenvalue weighted by molar-refractivity contribution is -0.116. The maximum absolute atomic E-state index is 12.0. The number of aryl methyl sites for hydroxylation is 2. The molecule has 8 heteroatoms. The number of hydrogen-bond donors (Lipinski definition) is 2. The van der Waals surface area contributed by atoms with Crippen LogP contribution in [-0.4, -0.2) is 25.9 Å². The highest BCUT2D eigenvalue weighted by molar-refractivity contribution is 7.89. The zero-order valence-electron chi connectivity index (χ0n) is 12.3. The number of anilines is 1. The first-order chi connectivity index (χ1) is 10.4. The third-order valence-corrected chi connectivity index (χ3v) is 5.19. The highest BCUT2D eigenvalue weighted by atomic mass is 32.2. The quantitative estimate of drug-likeness (QED) is 0.843. The van der Waals surface area contributed by atoms with Crippen molar-refractivity contribution in [1.29, 1.82) is 0 Å². The smallest absolute Gasteiger partial charge is 0.240 e. The molecule has 1 amide bonds. The average molecular weight is 339 g/mol. The molecule has 0 aliphatic carbocycles. The predicted molar refractivity (Wildman–Crippen MR) is 86.5 cm³/mol. The van der Waals surface area contributed by atoms with Crippen molar-refractivity contribution in [2.24, 2.45) is 0 Å². The summed E-state index contributed by atoms with van der Waals surface area (Å²) in [4.78, 5) is 16.0. The molecular formula is C14H17N3O3S2. The van der Waals surface area contributed by atoms with Gasteiger partial charge in [0.05, 0.1) is 10.6 Å². The Morgan fingerprint density at radius 2 is 1.91 bits per heavy atom. The molecule has 22 heavy (non-hydrogen) atoms. The summed E-state index contributed by atoms with van der Waals surface area (Å²) in [5.74, 6) is -0.277. The number of amides is 1. The normalized spacial score (nSPS) is 11.4. The number of thiazole rings is 1. The van der Waals surface area contributed by atoms with Crippen molar-refractivity contribution in [3.63, 3.8) is 0 Å². The molecule has 0 spiro atoms. The molecule has 0 unspecified atom stereocenters. The molecule has 1 heterocycles. The third-order valence-electron chi connectivity index (χ3n) is 2.84. The Hall–Kier alpha value is -1.77. The van der Waals surface area contributed by atoms with Crippen molar-refractivity contribution in [1.82, 2.24) is 9.71 Å². The van der Waals surface area contributed by atoms with Crippen LogP contribution in [0.1, 0.15) is 17.7 Å². The van der Waals surface area contributed by atoms with Gasteiger partial charge >= 0.3 is 0 Å². The maximum Gasteiger partial charge on any atom is 0.240 e. The Morgan fingerprint density at radius 3 is 2.50 bits per heavy atom. The van der Waals surface area contributed by atoms with Gasteiger partial charge in [0.15, 0.2) is 5.13 Å². The summed E-state index contributed by atoms with van der Waals surface area (Å²) in [7, 11) is -3.58. The van der Waals surface area contributed by atoms with E-state index in [1.54, 1.807) is 12.1 Å². The first kappa shape index (κ1) is 16.6. The molecule has 2 N–H and O–H groups in total. The van der Waals surface area contributed by atoms with E-state index in [0.717, 1.165) is 11.3 Å². The van der Waals surface area contributed by atoms with Crippen molar-refractivity contribution >= 4 is 32.4 Å². The van der Waals surface area contributed by atoms with Crippen molar-refractivity contribution < 1.29 is 13.2 Å². The number of nitrogens with one attached hydrogen (secondary N) is 2. The minimum absolute atomic E-state index is 0.0341. The minimum Gasteiger partial charge on any atom is -0.302 e. The van der Waals surface area contributed by atoms with Crippen LogP contribution in [0.15, 0.2) is 34.5 Å². The SMILES string of the molecule is Cc1ccc(S(=O)(=O)NCCC(=O)Nc2nc(C)cs2)cc1. The molecule has 0 aliphatic heterocycles. The molecule has 2 rings (SSSR count). The monoisotopic (exact) mass is 339 g/mol. The summed E-state index contributed by atoms with van der Waals surface area (Å²) in [6, 6.07) is 6.53. The molecule has 1 aromatic heterocycles. The van der Waals surface area contributed by atoms with Gasteiger partial charge in [0, 0.05) is 18.3 Å². The lowest BCUT2D eigenvalue weighted by Crippen LogP contribution is -2.27. The summed E-state index contributed by atoms with van der Waals surface area (Å²) < 4.78 is 26.5. The molecule has 6 nitrogen and oxygen atoms in total. The number of carbonyl (C=O) groups excluding carboxylic acids is 1. The van der Waals surface area contributed by atoms with Gasteiger partial charge in [-0.2, -0.15) is 0 Å². The van der Waals surface area contributed by atoms with Gasteiger partial charge in [-0.05, 0) is 26.0 Å². The topological polar surface area (TPSA) is 88.2 Å². The zero-order valence-corrected chi connectivity index (χ0v) is 13.9. The van der Waals surface area contributed by atoms with E-state index < -0.39 is 10.0 Å². The molecule has 0 radical (unpaired) electrons. The Labute approximate surface area is 133 Å². The van der Waals surface area contributed by atoms with Crippen LogP contribution in [0.25, 0.3) is 0 Å². The Morgan fingerprint density at radius 1 is 1.23 bits per heavy atom. The van der Waals surface area contributed by atoms with E-state index in [4.69, 9.17) is 0 Å². The second-order valence-electron chi connectivity index (χ2n) is 4.80. The molecule has 0 fully saturated rings. The third kappa shape index (κ3) is 4.62. The van der Waals surface area contributed by atoms with Gasteiger partial charge in [0.2, 0.25) is 15.9 Å². The first-order valence-electron chi connectivity index (χ1n) is 6.65.